The molecule has 0 atom stereocenters. The van der Waals surface area contributed by atoms with Gasteiger partial charge in [0.2, 0.25) is 10.0 Å². The highest BCUT2D eigenvalue weighted by Gasteiger charge is 2.28. The number of sulfonamides is 1. The number of benzene rings is 2. The second kappa shape index (κ2) is 8.65. The Bertz CT molecular complexity index is 1140. The van der Waals surface area contributed by atoms with Gasteiger partial charge in [-0.1, -0.05) is 37.6 Å². The number of aryl methyl sites for hydroxylation is 1. The largest absolute Gasteiger partial charge is 0.309 e. The number of thiazole rings is 1. The molecule has 2 aromatic carbocycles. The Kier molecular flexibility index (Phi) is 6.17. The molecule has 0 N–H and O–H groups in total. The Morgan fingerprint density at radius 2 is 1.69 bits per heavy atom. The molecule has 29 heavy (non-hydrogen) atoms. The smallest absolute Gasteiger partial charge is 0.243 e. The maximum atomic E-state index is 13.0. The van der Waals surface area contributed by atoms with Crippen LogP contribution in [0.3, 0.4) is 0 Å². The lowest BCUT2D eigenvalue weighted by molar-refractivity contribution is 0.154. The second-order valence-corrected chi connectivity index (χ2v) is 10.9. The Hall–Kier alpha value is -1.58. The van der Waals surface area contributed by atoms with Crippen molar-refractivity contribution in [1.29, 1.82) is 0 Å². The molecular formula is C21H25N3O2S3. The van der Waals surface area contributed by atoms with E-state index in [-0.39, 0.29) is 0 Å². The van der Waals surface area contributed by atoms with E-state index in [1.807, 2.05) is 24.3 Å². The van der Waals surface area contributed by atoms with Gasteiger partial charge in [-0.05, 0) is 48.5 Å². The molecule has 0 amide bonds. The van der Waals surface area contributed by atoms with Crippen molar-refractivity contribution < 1.29 is 8.42 Å². The van der Waals surface area contributed by atoms with Crippen LogP contribution in [-0.4, -0.2) is 48.4 Å². The van der Waals surface area contributed by atoms with Crippen molar-refractivity contribution in [3.8, 4) is 0 Å². The number of nitrogens with zero attached hydrogens (tertiary/aromatic N) is 3. The van der Waals surface area contributed by atoms with E-state index in [1.165, 1.54) is 10.3 Å². The van der Waals surface area contributed by atoms with Crippen LogP contribution in [0.5, 0.6) is 0 Å². The third-order valence-corrected chi connectivity index (χ3v) is 8.69. The molecule has 3 aromatic rings. The summed E-state index contributed by atoms with van der Waals surface area (Å²) in [5.41, 5.74) is 2.32. The van der Waals surface area contributed by atoms with Crippen molar-refractivity contribution in [1.82, 2.24) is 13.8 Å². The number of rotatable bonds is 6. The van der Waals surface area contributed by atoms with Crippen molar-refractivity contribution in [3.05, 3.63) is 58.0 Å². The van der Waals surface area contributed by atoms with E-state index in [2.05, 4.69) is 28.5 Å². The fourth-order valence-corrected chi connectivity index (χ4v) is 6.46. The van der Waals surface area contributed by atoms with E-state index >= 15 is 0 Å². The van der Waals surface area contributed by atoms with Gasteiger partial charge in [0.15, 0.2) is 3.95 Å². The maximum Gasteiger partial charge on any atom is 0.243 e. The Morgan fingerprint density at radius 3 is 2.38 bits per heavy atom. The molecule has 0 spiro atoms. The number of hydrogen-bond donors (Lipinski definition) is 0. The molecule has 5 nitrogen and oxygen atoms in total. The zero-order valence-electron chi connectivity index (χ0n) is 16.5. The molecule has 4 rings (SSSR count). The van der Waals surface area contributed by atoms with Crippen LogP contribution in [-0.2, 0) is 23.1 Å². The molecule has 0 bridgehead atoms. The monoisotopic (exact) mass is 447 g/mol. The zero-order valence-corrected chi connectivity index (χ0v) is 18.9. The van der Waals surface area contributed by atoms with Crippen molar-refractivity contribution in [2.75, 3.05) is 26.2 Å². The van der Waals surface area contributed by atoms with Crippen LogP contribution in [0.4, 0.5) is 0 Å². The minimum Gasteiger partial charge on any atom is -0.309 e. The Labute approximate surface area is 181 Å². The van der Waals surface area contributed by atoms with Crippen LogP contribution in [0, 0.1) is 3.95 Å². The highest BCUT2D eigenvalue weighted by Crippen LogP contribution is 2.24. The van der Waals surface area contributed by atoms with Gasteiger partial charge in [-0.2, -0.15) is 4.31 Å². The summed E-state index contributed by atoms with van der Waals surface area (Å²) in [6.45, 7) is 5.19. The summed E-state index contributed by atoms with van der Waals surface area (Å²) < 4.78 is 31.8. The Balaban J connectivity index is 1.43. The van der Waals surface area contributed by atoms with E-state index in [0.29, 0.717) is 37.7 Å². The molecule has 8 heteroatoms. The van der Waals surface area contributed by atoms with Crippen LogP contribution < -0.4 is 0 Å². The van der Waals surface area contributed by atoms with Crippen molar-refractivity contribution >= 4 is 43.8 Å². The van der Waals surface area contributed by atoms with Crippen LogP contribution in [0.25, 0.3) is 10.2 Å². The first-order valence-electron chi connectivity index (χ1n) is 9.89. The van der Waals surface area contributed by atoms with Crippen LogP contribution in [0.15, 0.2) is 53.4 Å². The van der Waals surface area contributed by atoms with Gasteiger partial charge in [0.05, 0.1) is 21.8 Å². The lowest BCUT2D eigenvalue weighted by atomic mass is 10.1. The van der Waals surface area contributed by atoms with Crippen molar-refractivity contribution in [2.45, 2.75) is 31.3 Å². The molecule has 1 saturated heterocycles. The fourth-order valence-electron chi connectivity index (χ4n) is 3.73. The first-order chi connectivity index (χ1) is 14.0. The number of hydrogen-bond acceptors (Lipinski definition) is 5. The van der Waals surface area contributed by atoms with Gasteiger partial charge in [-0.15, -0.1) is 11.3 Å². The van der Waals surface area contributed by atoms with Crippen molar-refractivity contribution in [3.63, 3.8) is 0 Å². The zero-order chi connectivity index (χ0) is 20.4. The van der Waals surface area contributed by atoms with Gasteiger partial charge in [-0.25, -0.2) is 8.42 Å². The summed E-state index contributed by atoms with van der Waals surface area (Å²) in [5.74, 6) is 0. The molecule has 1 aliphatic rings. The fraction of sp³-hybridized carbons (Fsp3) is 0.381. The molecule has 1 aromatic heterocycles. The first-order valence-corrected chi connectivity index (χ1v) is 12.6. The highest BCUT2D eigenvalue weighted by atomic mass is 32.2. The molecule has 0 aliphatic carbocycles. The SMILES string of the molecule is CCCc1ccc(S(=O)(=O)N2CCN(Cn3c(=S)sc4ccccc43)CC2)cc1. The predicted molar refractivity (Wildman–Crippen MR) is 121 cm³/mol. The molecule has 0 saturated carbocycles. The summed E-state index contributed by atoms with van der Waals surface area (Å²) in [4.78, 5) is 2.66. The van der Waals surface area contributed by atoms with Crippen LogP contribution in [0.1, 0.15) is 18.9 Å². The summed E-state index contributed by atoms with van der Waals surface area (Å²) >= 11 is 7.16. The van der Waals surface area contributed by atoms with Gasteiger partial charge < -0.3 is 4.57 Å². The first kappa shape index (κ1) is 20.7. The molecule has 0 unspecified atom stereocenters. The topological polar surface area (TPSA) is 45.6 Å². The minimum atomic E-state index is -3.44. The minimum absolute atomic E-state index is 0.386. The summed E-state index contributed by atoms with van der Waals surface area (Å²) in [6.07, 6.45) is 2.02. The third-order valence-electron chi connectivity index (χ3n) is 5.35. The van der Waals surface area contributed by atoms with Gasteiger partial charge in [-0.3, -0.25) is 4.90 Å². The molecule has 1 fully saturated rings. The lowest BCUT2D eigenvalue weighted by Gasteiger charge is -2.34. The average Bonchev–Trinajstić information content (AvgIpc) is 3.04. The second-order valence-electron chi connectivity index (χ2n) is 7.32. The maximum absolute atomic E-state index is 13.0. The third kappa shape index (κ3) is 4.32. The number of fused-ring (bicyclic) bond motifs is 1. The predicted octanol–water partition coefficient (Wildman–Crippen LogP) is 4.35. The quantitative estimate of drug-likeness (QED) is 0.527. The van der Waals surface area contributed by atoms with Crippen LogP contribution >= 0.6 is 23.6 Å². The van der Waals surface area contributed by atoms with E-state index in [4.69, 9.17) is 12.2 Å². The van der Waals surface area contributed by atoms with Gasteiger partial charge >= 0.3 is 0 Å². The standard InChI is InChI=1S/C21H25N3O2S3/c1-2-5-17-8-10-18(11-9-17)29(25,26)23-14-12-22(13-15-23)16-24-19-6-3-4-7-20(19)28-21(24)27/h3-4,6-11H,2,5,12-16H2,1H3. The average molecular weight is 448 g/mol. The summed E-state index contributed by atoms with van der Waals surface area (Å²) in [7, 11) is -3.44. The molecule has 0 radical (unpaired) electrons. The van der Waals surface area contributed by atoms with Gasteiger partial charge in [0.1, 0.15) is 0 Å². The highest BCUT2D eigenvalue weighted by molar-refractivity contribution is 7.89. The van der Waals surface area contributed by atoms with Crippen LogP contribution in [0.2, 0.25) is 0 Å². The molecular weight excluding hydrogens is 422 g/mol. The van der Waals surface area contributed by atoms with E-state index in [9.17, 15) is 8.42 Å². The Morgan fingerprint density at radius 1 is 1.00 bits per heavy atom. The normalized spacial score (nSPS) is 16.4. The lowest BCUT2D eigenvalue weighted by Crippen LogP contribution is -2.48. The number of aromatic nitrogens is 1. The summed E-state index contributed by atoms with van der Waals surface area (Å²) in [5, 5.41) is 0. The summed E-state index contributed by atoms with van der Waals surface area (Å²) in [6, 6.07) is 15.6. The molecule has 2 heterocycles. The van der Waals surface area contributed by atoms with E-state index < -0.39 is 10.0 Å². The van der Waals surface area contributed by atoms with E-state index in [0.717, 1.165) is 22.3 Å². The van der Waals surface area contributed by atoms with Gasteiger partial charge in [0, 0.05) is 26.2 Å². The van der Waals surface area contributed by atoms with Gasteiger partial charge in [0.25, 0.3) is 0 Å². The number of para-hydroxylation sites is 1. The number of piperazine rings is 1. The molecule has 154 valence electrons. The van der Waals surface area contributed by atoms with E-state index in [1.54, 1.807) is 27.8 Å². The molecule has 1 aliphatic heterocycles. The van der Waals surface area contributed by atoms with Crippen molar-refractivity contribution in [2.24, 2.45) is 0 Å².